The van der Waals surface area contributed by atoms with Crippen LogP contribution in [0.4, 0.5) is 0 Å². The molecule has 0 N–H and O–H groups in total. The first-order valence-corrected chi connectivity index (χ1v) is 12.5. The van der Waals surface area contributed by atoms with E-state index in [1.807, 2.05) is 32.1 Å². The molecule has 198 valence electrons. The van der Waals surface area contributed by atoms with Gasteiger partial charge in [-0.05, 0) is 72.9 Å². The zero-order valence-electron chi connectivity index (χ0n) is 21.6. The van der Waals surface area contributed by atoms with Crippen molar-refractivity contribution in [3.8, 4) is 59.6 Å². The molecule has 0 aromatic heterocycles. The van der Waals surface area contributed by atoms with E-state index in [9.17, 15) is 0 Å². The zero-order chi connectivity index (χ0) is 25.8. The predicted octanol–water partition coefficient (Wildman–Crippen LogP) is 9.89. The van der Waals surface area contributed by atoms with Gasteiger partial charge in [-0.25, -0.2) is 0 Å². The van der Waals surface area contributed by atoms with Crippen LogP contribution in [-0.2, 0) is 0 Å². The predicted molar refractivity (Wildman–Crippen MR) is 170 cm³/mol. The van der Waals surface area contributed by atoms with Crippen LogP contribution in [0.25, 0.3) is 18.2 Å². The largest absolute Gasteiger partial charge is 0.493 e. The minimum absolute atomic E-state index is 0. The monoisotopic (exact) mass is 490 g/mol. The van der Waals surface area contributed by atoms with Gasteiger partial charge in [0.15, 0.2) is 0 Å². The van der Waals surface area contributed by atoms with Crippen LogP contribution in [-0.4, -0.2) is 6.61 Å². The highest BCUT2D eigenvalue weighted by Crippen LogP contribution is 2.30. The summed E-state index contributed by atoms with van der Waals surface area (Å²) in [5, 5.41) is 0. The van der Waals surface area contributed by atoms with Gasteiger partial charge in [-0.1, -0.05) is 81.5 Å². The summed E-state index contributed by atoms with van der Waals surface area (Å²) in [5.41, 5.74) is 4.15. The van der Waals surface area contributed by atoms with E-state index >= 15 is 0 Å². The molecule has 2 aromatic carbocycles. The van der Waals surface area contributed by atoms with Gasteiger partial charge >= 0.3 is 0 Å². The Morgan fingerprint density at radius 3 is 2.33 bits per heavy atom. The van der Waals surface area contributed by atoms with Gasteiger partial charge in [0, 0.05) is 34.7 Å². The van der Waals surface area contributed by atoms with Crippen molar-refractivity contribution in [2.45, 2.75) is 59.3 Å². The van der Waals surface area contributed by atoms with Crippen molar-refractivity contribution < 1.29 is 20.9 Å². The standard InChI is InChI=1S/C34H34O2.8H2/c1-5-8-10-12-14-16-24-35-33-28-32(23-22-31-21-18-20-30(27-31)19-7-3)34(26-29(33)4)36-25-17-15-13-11-9-6-2;;;;;;;;/h1,7,18-23,26-28H,6,9,11,13,15,17,25H2,2-4H3;8*1H/b19-7+,23-22+;;;;;;;;. The second kappa shape index (κ2) is 17.2. The molecular weight excluding hydrogens is 440 g/mol. The van der Waals surface area contributed by atoms with Gasteiger partial charge in [0.1, 0.15) is 17.6 Å². The van der Waals surface area contributed by atoms with Gasteiger partial charge in [0.25, 0.3) is 0 Å². The van der Waals surface area contributed by atoms with Crippen LogP contribution >= 0.6 is 0 Å². The second-order valence-electron chi connectivity index (χ2n) is 8.25. The molecule has 0 atom stereocenters. The Bertz CT molecular complexity index is 1300. The van der Waals surface area contributed by atoms with Crippen LogP contribution in [0.5, 0.6) is 11.5 Å². The van der Waals surface area contributed by atoms with Gasteiger partial charge < -0.3 is 9.47 Å². The average Bonchev–Trinajstić information content (AvgIpc) is 2.88. The molecule has 0 bridgehead atoms. The van der Waals surface area contributed by atoms with Crippen molar-refractivity contribution in [1.29, 1.82) is 0 Å². The van der Waals surface area contributed by atoms with Crippen molar-refractivity contribution in [2.24, 2.45) is 0 Å². The van der Waals surface area contributed by atoms with E-state index in [1.165, 1.54) is 32.1 Å². The zero-order valence-corrected chi connectivity index (χ0v) is 21.6. The van der Waals surface area contributed by atoms with Crippen LogP contribution in [0.1, 0.15) is 86.0 Å². The molecule has 0 aliphatic carbocycles. The molecule has 2 aromatic rings. The van der Waals surface area contributed by atoms with E-state index < -0.39 is 0 Å². The van der Waals surface area contributed by atoms with Crippen molar-refractivity contribution in [2.75, 3.05) is 6.61 Å². The molecule has 0 saturated heterocycles. The van der Waals surface area contributed by atoms with Crippen LogP contribution < -0.4 is 9.47 Å². The lowest BCUT2D eigenvalue weighted by Gasteiger charge is -2.13. The van der Waals surface area contributed by atoms with E-state index in [1.54, 1.807) is 0 Å². The number of allylic oxidation sites excluding steroid dienone is 1. The molecule has 0 fully saturated rings. The fourth-order valence-electron chi connectivity index (χ4n) is 3.49. The summed E-state index contributed by atoms with van der Waals surface area (Å²) in [4.78, 5) is 0. The number of hydrogen-bond acceptors (Lipinski definition) is 2. The molecule has 2 rings (SSSR count). The number of hydrogen-bond donors (Lipinski definition) is 0. The lowest BCUT2D eigenvalue weighted by atomic mass is 10.1. The lowest BCUT2D eigenvalue weighted by molar-refractivity contribution is 0.303. The molecule has 0 spiro atoms. The fourth-order valence-corrected chi connectivity index (χ4v) is 3.49. The summed E-state index contributed by atoms with van der Waals surface area (Å²) < 4.78 is 11.9. The van der Waals surface area contributed by atoms with Gasteiger partial charge in [0.2, 0.25) is 0 Å². The molecule has 0 radical (unpaired) electrons. The first-order valence-electron chi connectivity index (χ1n) is 12.5. The van der Waals surface area contributed by atoms with Gasteiger partial charge in [-0.15, -0.1) is 6.42 Å². The molecule has 0 unspecified atom stereocenters. The van der Waals surface area contributed by atoms with E-state index in [4.69, 9.17) is 15.9 Å². The van der Waals surface area contributed by atoms with Gasteiger partial charge in [0.05, 0.1) is 6.61 Å². The summed E-state index contributed by atoms with van der Waals surface area (Å²) in [7, 11) is 0. The fraction of sp³-hybridized carbons (Fsp3) is 0.294. The van der Waals surface area contributed by atoms with Crippen molar-refractivity contribution in [3.63, 3.8) is 0 Å². The molecular formula is C34H50O2. The Kier molecular flexibility index (Phi) is 13.4. The molecule has 0 heterocycles. The second-order valence-corrected chi connectivity index (χ2v) is 8.25. The van der Waals surface area contributed by atoms with E-state index in [0.717, 1.165) is 34.4 Å². The van der Waals surface area contributed by atoms with E-state index in [0.29, 0.717) is 12.4 Å². The highest BCUT2D eigenvalue weighted by Gasteiger charge is 2.08. The van der Waals surface area contributed by atoms with Crippen molar-refractivity contribution >= 4 is 18.2 Å². The number of ether oxygens (including phenoxy) is 2. The summed E-state index contributed by atoms with van der Waals surface area (Å²) >= 11 is 0. The van der Waals surface area contributed by atoms with Crippen molar-refractivity contribution in [1.82, 2.24) is 0 Å². The topological polar surface area (TPSA) is 18.5 Å². The average molecular weight is 491 g/mol. The maximum absolute atomic E-state index is 6.20. The van der Waals surface area contributed by atoms with Crippen LogP contribution in [0.2, 0.25) is 0 Å². The highest BCUT2D eigenvalue weighted by atomic mass is 16.5. The Balaban J connectivity index is -0.000000342. The normalized spacial score (nSPS) is 9.94. The summed E-state index contributed by atoms with van der Waals surface area (Å²) in [6, 6.07) is 12.3. The summed E-state index contributed by atoms with van der Waals surface area (Å²) in [6.45, 7) is 6.92. The minimum atomic E-state index is 0. The third-order valence-corrected chi connectivity index (χ3v) is 5.32. The number of unbranched alkanes of at least 4 members (excludes halogenated alkanes) is 5. The Hall–Kier alpha value is -4.24. The van der Waals surface area contributed by atoms with Crippen molar-refractivity contribution in [3.05, 3.63) is 64.7 Å². The van der Waals surface area contributed by atoms with E-state index in [2.05, 4.69) is 91.0 Å². The Morgan fingerprint density at radius 2 is 1.56 bits per heavy atom. The lowest BCUT2D eigenvalue weighted by Crippen LogP contribution is -2.00. The van der Waals surface area contributed by atoms with Crippen LogP contribution in [0.15, 0.2) is 42.5 Å². The van der Waals surface area contributed by atoms with E-state index in [-0.39, 0.29) is 11.4 Å². The SMILES string of the molecule is C#CC#CC#CC#COc1cc(/C=C/c2cccc(/C=C/C)c2)c(OCCCCCCCC)cc1C.[HH].[HH].[HH].[HH].[HH].[HH].[HH].[HH]. The highest BCUT2D eigenvalue weighted by molar-refractivity contribution is 5.75. The molecule has 0 aliphatic rings. The molecule has 36 heavy (non-hydrogen) atoms. The molecule has 0 saturated carbocycles. The molecule has 2 nitrogen and oxygen atoms in total. The maximum Gasteiger partial charge on any atom is 0.144 e. The first-order chi connectivity index (χ1) is 17.7. The number of rotatable bonds is 12. The summed E-state index contributed by atoms with van der Waals surface area (Å²) in [6.07, 6.45) is 23.3. The van der Waals surface area contributed by atoms with Crippen LogP contribution in [0.3, 0.4) is 0 Å². The third-order valence-electron chi connectivity index (χ3n) is 5.32. The first kappa shape index (κ1) is 28.0. The van der Waals surface area contributed by atoms with Crippen LogP contribution in [0, 0.1) is 55.0 Å². The maximum atomic E-state index is 6.20. The number of aryl methyl sites for hydroxylation is 1. The minimum Gasteiger partial charge on any atom is -0.493 e. The molecule has 2 heteroatoms. The smallest absolute Gasteiger partial charge is 0.144 e. The quantitative estimate of drug-likeness (QED) is 0.167. The third kappa shape index (κ3) is 10.8. The van der Waals surface area contributed by atoms with Gasteiger partial charge in [-0.3, -0.25) is 0 Å². The summed E-state index contributed by atoms with van der Waals surface area (Å²) in [5.74, 6) is 16.4. The van der Waals surface area contributed by atoms with Gasteiger partial charge in [-0.2, -0.15) is 0 Å². The molecule has 0 aliphatic heterocycles. The Morgan fingerprint density at radius 1 is 0.833 bits per heavy atom. The number of terminal acetylenes is 1. The molecule has 0 amide bonds. The Labute approximate surface area is 229 Å². The number of benzene rings is 2.